The number of anilines is 1. The number of terminal acetylenes is 1. The fourth-order valence-corrected chi connectivity index (χ4v) is 4.53. The van der Waals surface area contributed by atoms with E-state index in [1.807, 2.05) is 44.2 Å². The Balaban J connectivity index is 2.08. The summed E-state index contributed by atoms with van der Waals surface area (Å²) >= 11 is 0. The Morgan fingerprint density at radius 1 is 0.929 bits per heavy atom. The van der Waals surface area contributed by atoms with Gasteiger partial charge in [0.1, 0.15) is 23.4 Å². The van der Waals surface area contributed by atoms with Crippen molar-refractivity contribution in [3.05, 3.63) is 95.6 Å². The zero-order valence-corrected chi connectivity index (χ0v) is 25.0. The molecule has 3 rings (SSSR count). The molecule has 0 aliphatic carbocycles. The molecule has 0 saturated carbocycles. The highest BCUT2D eigenvalue weighted by Crippen LogP contribution is 2.29. The molecule has 3 aromatic carbocycles. The summed E-state index contributed by atoms with van der Waals surface area (Å²) in [5.74, 6) is 2.37. The van der Waals surface area contributed by atoms with Crippen LogP contribution < -0.4 is 15.4 Å². The van der Waals surface area contributed by atoms with Gasteiger partial charge in [0.2, 0.25) is 5.91 Å². The number of carbonyl (C=O) groups excluding carboxylic acids is 3. The van der Waals surface area contributed by atoms with Crippen molar-refractivity contribution in [2.75, 3.05) is 12.4 Å². The third-order valence-corrected chi connectivity index (χ3v) is 6.38. The van der Waals surface area contributed by atoms with E-state index in [4.69, 9.17) is 15.9 Å². The highest BCUT2D eigenvalue weighted by molar-refractivity contribution is 5.99. The summed E-state index contributed by atoms with van der Waals surface area (Å²) in [6.07, 6.45) is 5.29. The normalized spacial score (nSPS) is 12.4. The van der Waals surface area contributed by atoms with Crippen LogP contribution in [-0.4, -0.2) is 47.6 Å². The lowest BCUT2D eigenvalue weighted by molar-refractivity contribution is -0.142. The smallest absolute Gasteiger partial charge is 0.408 e. The van der Waals surface area contributed by atoms with Crippen LogP contribution in [0.5, 0.6) is 5.75 Å². The molecule has 0 radical (unpaired) electrons. The van der Waals surface area contributed by atoms with Crippen LogP contribution in [0, 0.1) is 12.3 Å². The van der Waals surface area contributed by atoms with Crippen molar-refractivity contribution in [2.24, 2.45) is 0 Å². The molecule has 0 heterocycles. The quantitative estimate of drug-likeness (QED) is 0.304. The van der Waals surface area contributed by atoms with E-state index < -0.39 is 41.6 Å². The van der Waals surface area contributed by atoms with Crippen molar-refractivity contribution < 1.29 is 23.9 Å². The summed E-state index contributed by atoms with van der Waals surface area (Å²) in [6, 6.07) is 20.7. The molecule has 3 aromatic rings. The van der Waals surface area contributed by atoms with E-state index in [0.29, 0.717) is 22.6 Å². The standard InChI is InChI=1S/C34H39N3O5/c1-8-25-16-12-13-17-28(25)30(31(38)35-26-18-20-27(41-7)21-19-26)37(23(2)3)32(39)29(22-24-14-10-9-11-15-24)36-33(40)42-34(4,5)6/h1,9-21,23,29-30H,22H2,2-7H3,(H,35,38)(H,36,40). The van der Waals surface area contributed by atoms with E-state index >= 15 is 0 Å². The van der Waals surface area contributed by atoms with E-state index in [2.05, 4.69) is 16.6 Å². The van der Waals surface area contributed by atoms with Gasteiger partial charge in [0.05, 0.1) is 7.11 Å². The number of hydrogen-bond acceptors (Lipinski definition) is 5. The number of nitrogens with zero attached hydrogens (tertiary/aromatic N) is 1. The lowest BCUT2D eigenvalue weighted by atomic mass is 9.95. The molecule has 0 aliphatic heterocycles. The van der Waals surface area contributed by atoms with E-state index in [-0.39, 0.29) is 6.42 Å². The van der Waals surface area contributed by atoms with Crippen molar-refractivity contribution in [1.29, 1.82) is 0 Å². The number of benzene rings is 3. The van der Waals surface area contributed by atoms with E-state index in [1.54, 1.807) is 76.4 Å². The zero-order chi connectivity index (χ0) is 30.9. The maximum absolute atomic E-state index is 14.5. The van der Waals surface area contributed by atoms with Gasteiger partial charge in [0, 0.05) is 23.7 Å². The predicted octanol–water partition coefficient (Wildman–Crippen LogP) is 5.73. The molecule has 2 N–H and O–H groups in total. The molecule has 2 atom stereocenters. The molecular formula is C34H39N3O5. The van der Waals surface area contributed by atoms with Gasteiger partial charge < -0.3 is 25.0 Å². The third kappa shape index (κ3) is 8.61. The van der Waals surface area contributed by atoms with Crippen LogP contribution in [0.1, 0.15) is 57.4 Å². The molecule has 42 heavy (non-hydrogen) atoms. The van der Waals surface area contributed by atoms with Crippen molar-refractivity contribution in [2.45, 2.75) is 64.8 Å². The van der Waals surface area contributed by atoms with Gasteiger partial charge in [0.15, 0.2) is 0 Å². The summed E-state index contributed by atoms with van der Waals surface area (Å²) < 4.78 is 10.7. The molecule has 0 fully saturated rings. The minimum atomic E-state index is -1.11. The molecular weight excluding hydrogens is 530 g/mol. The number of carbonyl (C=O) groups is 3. The van der Waals surface area contributed by atoms with Gasteiger partial charge in [-0.2, -0.15) is 0 Å². The number of amides is 3. The summed E-state index contributed by atoms with van der Waals surface area (Å²) in [5, 5.41) is 5.68. The maximum Gasteiger partial charge on any atom is 0.408 e. The van der Waals surface area contributed by atoms with Gasteiger partial charge in [-0.15, -0.1) is 6.42 Å². The number of hydrogen-bond donors (Lipinski definition) is 2. The number of alkyl carbamates (subject to hydrolysis) is 1. The molecule has 3 amide bonds. The van der Waals surface area contributed by atoms with Crippen LogP contribution in [0.3, 0.4) is 0 Å². The van der Waals surface area contributed by atoms with Gasteiger partial charge >= 0.3 is 6.09 Å². The molecule has 0 bridgehead atoms. The Morgan fingerprint density at radius 2 is 1.55 bits per heavy atom. The van der Waals surface area contributed by atoms with E-state index in [1.165, 1.54) is 4.90 Å². The Kier molecular flexibility index (Phi) is 10.8. The first kappa shape index (κ1) is 31.8. The van der Waals surface area contributed by atoms with Gasteiger partial charge in [-0.1, -0.05) is 54.5 Å². The molecule has 0 spiro atoms. The summed E-state index contributed by atoms with van der Waals surface area (Å²) in [4.78, 5) is 42.9. The second kappa shape index (κ2) is 14.2. The number of nitrogens with one attached hydrogen (secondary N) is 2. The largest absolute Gasteiger partial charge is 0.497 e. The molecule has 2 unspecified atom stereocenters. The van der Waals surface area contributed by atoms with Crippen LogP contribution in [0.25, 0.3) is 0 Å². The zero-order valence-electron chi connectivity index (χ0n) is 25.0. The van der Waals surface area contributed by atoms with Gasteiger partial charge in [-0.3, -0.25) is 9.59 Å². The number of methoxy groups -OCH3 is 1. The molecule has 220 valence electrons. The average Bonchev–Trinajstić information content (AvgIpc) is 2.95. The lowest BCUT2D eigenvalue weighted by Gasteiger charge is -2.37. The minimum Gasteiger partial charge on any atom is -0.497 e. The van der Waals surface area contributed by atoms with Crippen molar-refractivity contribution in [3.8, 4) is 18.1 Å². The third-order valence-electron chi connectivity index (χ3n) is 6.38. The minimum absolute atomic E-state index is 0.186. The summed E-state index contributed by atoms with van der Waals surface area (Å²) in [6.45, 7) is 8.88. The van der Waals surface area contributed by atoms with Crippen molar-refractivity contribution in [1.82, 2.24) is 10.2 Å². The Labute approximate surface area is 248 Å². The molecule has 8 nitrogen and oxygen atoms in total. The summed E-state index contributed by atoms with van der Waals surface area (Å²) in [7, 11) is 1.56. The summed E-state index contributed by atoms with van der Waals surface area (Å²) in [5.41, 5.74) is 1.55. The van der Waals surface area contributed by atoms with E-state index in [9.17, 15) is 14.4 Å². The van der Waals surface area contributed by atoms with Crippen LogP contribution >= 0.6 is 0 Å². The monoisotopic (exact) mass is 569 g/mol. The van der Waals surface area contributed by atoms with Crippen molar-refractivity contribution in [3.63, 3.8) is 0 Å². The maximum atomic E-state index is 14.5. The topological polar surface area (TPSA) is 97.0 Å². The number of rotatable bonds is 10. The first-order valence-electron chi connectivity index (χ1n) is 13.8. The van der Waals surface area contributed by atoms with E-state index in [0.717, 1.165) is 5.56 Å². The van der Waals surface area contributed by atoms with Crippen LogP contribution in [0.15, 0.2) is 78.9 Å². The van der Waals surface area contributed by atoms with Crippen LogP contribution in [0.4, 0.5) is 10.5 Å². The highest BCUT2D eigenvalue weighted by Gasteiger charge is 2.38. The SMILES string of the molecule is C#Cc1ccccc1C(C(=O)Nc1ccc(OC)cc1)N(C(=O)C(Cc1ccccc1)NC(=O)OC(C)(C)C)C(C)C. The second-order valence-corrected chi connectivity index (χ2v) is 11.1. The van der Waals surface area contributed by atoms with Crippen molar-refractivity contribution >= 4 is 23.6 Å². The number of ether oxygens (including phenoxy) is 2. The fourth-order valence-electron chi connectivity index (χ4n) is 4.53. The Morgan fingerprint density at radius 3 is 2.12 bits per heavy atom. The first-order chi connectivity index (χ1) is 19.9. The van der Waals surface area contributed by atoms with Gasteiger partial charge in [-0.25, -0.2) is 4.79 Å². The van der Waals surface area contributed by atoms with Crippen LogP contribution in [-0.2, 0) is 20.7 Å². The molecule has 0 saturated heterocycles. The highest BCUT2D eigenvalue weighted by atomic mass is 16.6. The predicted molar refractivity (Wildman–Crippen MR) is 164 cm³/mol. The first-order valence-corrected chi connectivity index (χ1v) is 13.8. The van der Waals surface area contributed by atoms with Gasteiger partial charge in [-0.05, 0) is 76.1 Å². The lowest BCUT2D eigenvalue weighted by Crippen LogP contribution is -2.55. The Hall–Kier alpha value is -4.77. The average molecular weight is 570 g/mol. The molecule has 8 heteroatoms. The molecule has 0 aliphatic rings. The molecule has 0 aromatic heterocycles. The fraction of sp³-hybridized carbons (Fsp3) is 0.324. The Bertz CT molecular complexity index is 1410. The van der Waals surface area contributed by atoms with Crippen LogP contribution in [0.2, 0.25) is 0 Å². The van der Waals surface area contributed by atoms with Gasteiger partial charge in [0.25, 0.3) is 5.91 Å². The second-order valence-electron chi connectivity index (χ2n) is 11.1.